The number of hydrogen-bond acceptors (Lipinski definition) is 4. The van der Waals surface area contributed by atoms with E-state index in [-0.39, 0.29) is 17.4 Å². The van der Waals surface area contributed by atoms with E-state index in [1.807, 2.05) is 12.1 Å². The summed E-state index contributed by atoms with van der Waals surface area (Å²) in [4.78, 5) is 0. The van der Waals surface area contributed by atoms with Crippen LogP contribution in [0, 0.1) is 0 Å². The molecule has 27 heavy (non-hydrogen) atoms. The molecule has 2 aromatic carbocycles. The maximum atomic E-state index is 10.4. The summed E-state index contributed by atoms with van der Waals surface area (Å²) < 4.78 is 17.9. The molecule has 0 bridgehead atoms. The summed E-state index contributed by atoms with van der Waals surface area (Å²) in [5.41, 5.74) is 0. The second kappa shape index (κ2) is 8.25. The van der Waals surface area contributed by atoms with E-state index in [0.29, 0.717) is 13.0 Å². The molecule has 0 aromatic heterocycles. The summed E-state index contributed by atoms with van der Waals surface area (Å²) >= 11 is 0. The molecular weight excluding hydrogens is 356 g/mol. The van der Waals surface area contributed by atoms with Crippen molar-refractivity contribution in [3.05, 3.63) is 60.7 Å². The predicted molar refractivity (Wildman–Crippen MR) is 110 cm³/mol. The Bertz CT molecular complexity index is 675. The van der Waals surface area contributed by atoms with Gasteiger partial charge in [-0.2, -0.15) is 0 Å². The number of hydrogen-bond donors (Lipinski definition) is 1. The summed E-state index contributed by atoms with van der Waals surface area (Å²) in [7, 11) is -1.01. The van der Waals surface area contributed by atoms with Gasteiger partial charge in [0.2, 0.25) is 0 Å². The first kappa shape index (κ1) is 20.2. The van der Waals surface area contributed by atoms with Crippen molar-refractivity contribution in [1.29, 1.82) is 0 Å². The first-order valence-corrected chi connectivity index (χ1v) is 11.4. The van der Waals surface area contributed by atoms with Crippen molar-refractivity contribution in [3.8, 4) is 0 Å². The maximum Gasteiger partial charge on any atom is 0.261 e. The van der Waals surface area contributed by atoms with E-state index in [1.54, 1.807) is 7.11 Å². The van der Waals surface area contributed by atoms with Gasteiger partial charge in [0, 0.05) is 13.5 Å². The topological polar surface area (TPSA) is 47.9 Å². The zero-order chi connectivity index (χ0) is 19.5. The molecular formula is C22H30O4Si. The van der Waals surface area contributed by atoms with E-state index in [9.17, 15) is 5.11 Å². The van der Waals surface area contributed by atoms with Crippen molar-refractivity contribution in [2.24, 2.45) is 0 Å². The molecule has 0 saturated carbocycles. The SMILES string of the molecule is CO[C@@H]1CC(O)[C@H](CO[Si](c2ccccc2)(c2ccccc2)C(C)(C)C)O1. The third-order valence-electron chi connectivity index (χ3n) is 5.33. The molecule has 0 amide bonds. The van der Waals surface area contributed by atoms with Gasteiger partial charge in [0.05, 0.1) is 12.7 Å². The van der Waals surface area contributed by atoms with Gasteiger partial charge in [0.15, 0.2) is 6.29 Å². The summed E-state index contributed by atoms with van der Waals surface area (Å²) in [6.07, 6.45) is -0.844. The lowest BCUT2D eigenvalue weighted by Gasteiger charge is -2.43. The lowest BCUT2D eigenvalue weighted by Crippen LogP contribution is -2.67. The third-order valence-corrected chi connectivity index (χ3v) is 10.3. The van der Waals surface area contributed by atoms with E-state index in [0.717, 1.165) is 0 Å². The highest BCUT2D eigenvalue weighted by Crippen LogP contribution is 2.37. The van der Waals surface area contributed by atoms with Crippen molar-refractivity contribution >= 4 is 18.7 Å². The Morgan fingerprint density at radius 3 is 1.93 bits per heavy atom. The molecule has 5 heteroatoms. The van der Waals surface area contributed by atoms with Gasteiger partial charge in [-0.25, -0.2) is 0 Å². The molecule has 1 heterocycles. The van der Waals surface area contributed by atoms with Crippen LogP contribution in [0.1, 0.15) is 27.2 Å². The molecule has 4 nitrogen and oxygen atoms in total. The maximum absolute atomic E-state index is 10.4. The van der Waals surface area contributed by atoms with Gasteiger partial charge in [-0.05, 0) is 15.4 Å². The van der Waals surface area contributed by atoms with Crippen LogP contribution in [0.15, 0.2) is 60.7 Å². The van der Waals surface area contributed by atoms with Gasteiger partial charge in [0.1, 0.15) is 6.10 Å². The van der Waals surface area contributed by atoms with Gasteiger partial charge in [-0.15, -0.1) is 0 Å². The molecule has 1 aliphatic heterocycles. The van der Waals surface area contributed by atoms with Crippen LogP contribution in [0.4, 0.5) is 0 Å². The summed E-state index contributed by atoms with van der Waals surface area (Å²) in [6.45, 7) is 7.06. The molecule has 2 aromatic rings. The van der Waals surface area contributed by atoms with Crippen molar-refractivity contribution in [2.75, 3.05) is 13.7 Å². The molecule has 146 valence electrons. The zero-order valence-corrected chi connectivity index (χ0v) is 17.6. The molecule has 0 spiro atoms. The van der Waals surface area contributed by atoms with E-state index in [2.05, 4.69) is 69.3 Å². The van der Waals surface area contributed by atoms with Crippen molar-refractivity contribution in [3.63, 3.8) is 0 Å². The van der Waals surface area contributed by atoms with Crippen LogP contribution in [-0.2, 0) is 13.9 Å². The smallest absolute Gasteiger partial charge is 0.261 e. The summed E-state index contributed by atoms with van der Waals surface area (Å²) in [5.74, 6) is 0. The summed E-state index contributed by atoms with van der Waals surface area (Å²) in [5, 5.41) is 12.7. The highest BCUT2D eigenvalue weighted by molar-refractivity contribution is 6.99. The van der Waals surface area contributed by atoms with E-state index < -0.39 is 14.4 Å². The Kier molecular flexibility index (Phi) is 6.18. The van der Waals surface area contributed by atoms with Crippen molar-refractivity contribution in [1.82, 2.24) is 0 Å². The van der Waals surface area contributed by atoms with Gasteiger partial charge < -0.3 is 19.0 Å². The molecule has 1 saturated heterocycles. The average molecular weight is 387 g/mol. The average Bonchev–Trinajstić information content (AvgIpc) is 3.03. The Morgan fingerprint density at radius 2 is 1.52 bits per heavy atom. The second-order valence-electron chi connectivity index (χ2n) is 8.12. The van der Waals surface area contributed by atoms with Crippen LogP contribution in [0.5, 0.6) is 0 Å². The molecule has 1 unspecified atom stereocenters. The fourth-order valence-corrected chi connectivity index (χ4v) is 8.53. The minimum atomic E-state index is -2.61. The summed E-state index contributed by atoms with van der Waals surface area (Å²) in [6, 6.07) is 21.0. The standard InChI is InChI=1S/C22H30O4Si/c1-22(2,3)27(17-11-7-5-8-12-17,18-13-9-6-10-14-18)25-16-20-19(23)15-21(24-4)26-20/h5-14,19-21,23H,15-16H2,1-4H3/t19?,20-,21-/m0/s1. The first-order valence-electron chi connectivity index (χ1n) is 9.50. The van der Waals surface area contributed by atoms with E-state index >= 15 is 0 Å². The van der Waals surface area contributed by atoms with Gasteiger partial charge in [-0.3, -0.25) is 0 Å². The molecule has 1 fully saturated rings. The van der Waals surface area contributed by atoms with Crippen LogP contribution in [0.2, 0.25) is 5.04 Å². The fraction of sp³-hybridized carbons (Fsp3) is 0.455. The molecule has 3 rings (SSSR count). The minimum absolute atomic E-state index is 0.0973. The van der Waals surface area contributed by atoms with Crippen LogP contribution in [0.25, 0.3) is 0 Å². The fourth-order valence-electron chi connectivity index (χ4n) is 3.96. The number of aliphatic hydroxyl groups is 1. The Morgan fingerprint density at radius 1 is 1.00 bits per heavy atom. The first-order chi connectivity index (χ1) is 12.9. The van der Waals surface area contributed by atoms with Crippen LogP contribution in [0.3, 0.4) is 0 Å². The monoisotopic (exact) mass is 386 g/mol. The van der Waals surface area contributed by atoms with Crippen LogP contribution in [-0.4, -0.2) is 45.6 Å². The minimum Gasteiger partial charge on any atom is -0.405 e. The van der Waals surface area contributed by atoms with E-state index in [1.165, 1.54) is 10.4 Å². The molecule has 1 aliphatic rings. The largest absolute Gasteiger partial charge is 0.405 e. The quantitative estimate of drug-likeness (QED) is 0.776. The molecule has 1 N–H and O–H groups in total. The molecule has 0 radical (unpaired) electrons. The number of ether oxygens (including phenoxy) is 2. The normalized spacial score (nSPS) is 23.5. The number of rotatable bonds is 6. The van der Waals surface area contributed by atoms with Gasteiger partial charge >= 0.3 is 0 Å². The third kappa shape index (κ3) is 4.03. The number of aliphatic hydroxyl groups excluding tert-OH is 1. The molecule has 0 aliphatic carbocycles. The van der Waals surface area contributed by atoms with Gasteiger partial charge in [0.25, 0.3) is 8.32 Å². The zero-order valence-electron chi connectivity index (χ0n) is 16.6. The Labute approximate surface area is 163 Å². The number of methoxy groups -OCH3 is 1. The van der Waals surface area contributed by atoms with Gasteiger partial charge in [-0.1, -0.05) is 81.4 Å². The van der Waals surface area contributed by atoms with Crippen molar-refractivity contribution in [2.45, 2.75) is 50.7 Å². The lowest BCUT2D eigenvalue weighted by atomic mass is 10.2. The Balaban J connectivity index is 2.00. The highest BCUT2D eigenvalue weighted by Gasteiger charge is 2.51. The Hall–Kier alpha value is -1.50. The van der Waals surface area contributed by atoms with Crippen LogP contribution < -0.4 is 10.4 Å². The molecule has 3 atom stereocenters. The second-order valence-corrected chi connectivity index (χ2v) is 12.4. The lowest BCUT2D eigenvalue weighted by molar-refractivity contribution is -0.125. The predicted octanol–water partition coefficient (Wildman–Crippen LogP) is 2.69. The number of benzene rings is 2. The van der Waals surface area contributed by atoms with Crippen LogP contribution >= 0.6 is 0 Å². The highest BCUT2D eigenvalue weighted by atomic mass is 28.4. The van der Waals surface area contributed by atoms with E-state index in [4.69, 9.17) is 13.9 Å². The van der Waals surface area contributed by atoms with Crippen molar-refractivity contribution < 1.29 is 19.0 Å².